The van der Waals surface area contributed by atoms with Gasteiger partial charge in [0.1, 0.15) is 61.4 Å². The lowest BCUT2D eigenvalue weighted by Gasteiger charge is -2.45. The van der Waals surface area contributed by atoms with Gasteiger partial charge in [-0.2, -0.15) is 0 Å². The second-order valence-electron chi connectivity index (χ2n) is 9.03. The van der Waals surface area contributed by atoms with Crippen LogP contribution in [0.5, 0.6) is 0 Å². The molecule has 2 saturated heterocycles. The van der Waals surface area contributed by atoms with E-state index in [9.17, 15) is 25.5 Å². The molecule has 182 valence electrons. The Labute approximate surface area is 180 Å². The number of aliphatic hydroxyl groups excluding tert-OH is 5. The molecule has 0 aromatic heterocycles. The molecule has 31 heavy (non-hydrogen) atoms. The van der Waals surface area contributed by atoms with E-state index in [0.29, 0.717) is 6.42 Å². The zero-order valence-electron chi connectivity index (χ0n) is 17.9. The topological polar surface area (TPSA) is 249 Å². The fourth-order valence-corrected chi connectivity index (χ4v) is 4.55. The molecule has 0 radical (unpaired) electrons. The van der Waals surface area contributed by atoms with Crippen molar-refractivity contribution in [2.45, 2.75) is 105 Å². The normalized spacial score (nSPS) is 54.0. The van der Waals surface area contributed by atoms with Gasteiger partial charge in [-0.15, -0.1) is 0 Å². The zero-order chi connectivity index (χ0) is 23.0. The molecule has 1 saturated carbocycles. The average molecular weight is 457 g/mol. The highest BCUT2D eigenvalue weighted by Crippen LogP contribution is 2.30. The Morgan fingerprint density at radius 1 is 0.774 bits per heavy atom. The van der Waals surface area contributed by atoms with Gasteiger partial charge >= 0.3 is 0 Å². The lowest BCUT2D eigenvalue weighted by molar-refractivity contribution is -0.537. The van der Waals surface area contributed by atoms with Crippen LogP contribution in [-0.4, -0.2) is 118 Å². The Balaban J connectivity index is 1.79. The van der Waals surface area contributed by atoms with E-state index in [2.05, 4.69) is 22.9 Å². The molecule has 0 aromatic carbocycles. The predicted molar refractivity (Wildman–Crippen MR) is 99.8 cm³/mol. The van der Waals surface area contributed by atoms with Gasteiger partial charge in [0.25, 0.3) is 0 Å². The molecule has 2 aliphatic heterocycles. The molecule has 3 aliphatic rings. The molecule has 13 heteroatoms. The zero-order valence-corrected chi connectivity index (χ0v) is 17.9. The Kier molecular flexibility index (Phi) is 8.24. The monoisotopic (exact) mass is 456 g/mol. The maximum absolute atomic E-state index is 10.8. The summed E-state index contributed by atoms with van der Waals surface area (Å²) in [6, 6.07) is -1.58. The van der Waals surface area contributed by atoms with Gasteiger partial charge in [-0.3, -0.25) is 0 Å². The van der Waals surface area contributed by atoms with Crippen molar-refractivity contribution in [1.82, 2.24) is 0 Å². The summed E-state index contributed by atoms with van der Waals surface area (Å²) in [6.07, 6.45) is -10.1. The second-order valence-corrected chi connectivity index (χ2v) is 9.03. The van der Waals surface area contributed by atoms with Crippen LogP contribution in [0.1, 0.15) is 19.8 Å². The number of ether oxygens (including phenoxy) is 4. The van der Waals surface area contributed by atoms with Gasteiger partial charge in [-0.1, -0.05) is 0 Å². The first-order valence-corrected chi connectivity index (χ1v) is 10.9. The molecule has 14 atom stereocenters. The molecule has 3 fully saturated rings. The number of hydrogen-bond acceptors (Lipinski definition) is 9. The molecule has 0 bridgehead atoms. The van der Waals surface area contributed by atoms with Crippen molar-refractivity contribution in [1.29, 1.82) is 0 Å². The Hall–Kier alpha value is -0.520. The summed E-state index contributed by atoms with van der Waals surface area (Å²) in [5, 5.41) is 51.7. The van der Waals surface area contributed by atoms with Crippen LogP contribution in [0.3, 0.4) is 0 Å². The van der Waals surface area contributed by atoms with E-state index in [1.807, 2.05) is 0 Å². The summed E-state index contributed by atoms with van der Waals surface area (Å²) in [7, 11) is 0. The minimum absolute atomic E-state index is 0.213. The van der Waals surface area contributed by atoms with Gasteiger partial charge in [0, 0.05) is 6.42 Å². The van der Waals surface area contributed by atoms with Crippen molar-refractivity contribution < 1.29 is 67.4 Å². The molecule has 13 nitrogen and oxygen atoms in total. The molecule has 0 spiro atoms. The highest BCUT2D eigenvalue weighted by atomic mass is 16.7. The Morgan fingerprint density at radius 3 is 2.06 bits per heavy atom. The number of hydrogen-bond donors (Lipinski definition) is 9. The van der Waals surface area contributed by atoms with Crippen LogP contribution in [-0.2, 0) is 18.9 Å². The molecule has 1 aliphatic carbocycles. The lowest BCUT2D eigenvalue weighted by atomic mass is 9.84. The van der Waals surface area contributed by atoms with Crippen LogP contribution in [0.2, 0.25) is 0 Å². The van der Waals surface area contributed by atoms with E-state index >= 15 is 0 Å². The maximum atomic E-state index is 10.8. The van der Waals surface area contributed by atoms with Gasteiger partial charge in [0.05, 0.1) is 18.6 Å². The Morgan fingerprint density at radius 2 is 1.42 bits per heavy atom. The highest BCUT2D eigenvalue weighted by Gasteiger charge is 2.54. The first-order valence-electron chi connectivity index (χ1n) is 10.9. The number of rotatable bonds is 5. The van der Waals surface area contributed by atoms with Crippen molar-refractivity contribution in [3.8, 4) is 0 Å². The quantitative estimate of drug-likeness (QED) is 0.190. The van der Waals surface area contributed by atoms with Crippen molar-refractivity contribution in [2.75, 3.05) is 6.54 Å². The van der Waals surface area contributed by atoms with Gasteiger partial charge < -0.3 is 67.4 Å². The molecule has 0 aromatic rings. The molecular formula is C18H40N4O9+4. The largest absolute Gasteiger partial charge is 0.390 e. The molecule has 17 N–H and O–H groups in total. The number of aliphatic hydroxyl groups is 5. The summed E-state index contributed by atoms with van der Waals surface area (Å²) in [6.45, 7) is 1.96. The van der Waals surface area contributed by atoms with E-state index in [1.54, 1.807) is 6.92 Å². The summed E-state index contributed by atoms with van der Waals surface area (Å²) in [5.74, 6) is 0. The summed E-state index contributed by atoms with van der Waals surface area (Å²) < 4.78 is 23.5. The minimum atomic E-state index is -1.29. The molecule has 0 amide bonds. The van der Waals surface area contributed by atoms with Crippen LogP contribution in [0.4, 0.5) is 0 Å². The summed E-state index contributed by atoms with van der Waals surface area (Å²) >= 11 is 0. The van der Waals surface area contributed by atoms with Gasteiger partial charge in [0.2, 0.25) is 6.29 Å². The highest BCUT2D eigenvalue weighted by molar-refractivity contribution is 4.96. The smallest absolute Gasteiger partial charge is 0.214 e. The standard InChI is InChI=1S/C18H36N4O9/c1-5-2-8(23)12(25)18(28-5)31-16-11(24)6(20)3-7(21)15(16)30-17-10(22)14(27)13(26)9(4-19)29-17/h5-18,23-27H,2-4,19-22H2,1H3/p+4/t5-,6-,7+,8+,9-,10-,11+,12-,13-,14-,15-,16-,17-,18+/m1/s1. The van der Waals surface area contributed by atoms with E-state index in [1.165, 1.54) is 0 Å². The first-order chi connectivity index (χ1) is 14.5. The average Bonchev–Trinajstić information content (AvgIpc) is 2.72. The van der Waals surface area contributed by atoms with Crippen LogP contribution in [0.15, 0.2) is 0 Å². The minimum Gasteiger partial charge on any atom is -0.390 e. The third-order valence-electron chi connectivity index (χ3n) is 6.52. The second kappa shape index (κ2) is 10.2. The molecule has 0 unspecified atom stereocenters. The fraction of sp³-hybridized carbons (Fsp3) is 1.00. The Bertz CT molecular complexity index is 590. The number of quaternary nitrogens is 4. The molecule has 2 heterocycles. The van der Waals surface area contributed by atoms with Crippen LogP contribution >= 0.6 is 0 Å². The van der Waals surface area contributed by atoms with Crippen LogP contribution in [0.25, 0.3) is 0 Å². The van der Waals surface area contributed by atoms with Gasteiger partial charge in [-0.05, 0) is 6.92 Å². The maximum Gasteiger partial charge on any atom is 0.214 e. The van der Waals surface area contributed by atoms with Crippen molar-refractivity contribution in [3.63, 3.8) is 0 Å². The first kappa shape index (κ1) is 25.1. The van der Waals surface area contributed by atoms with Crippen LogP contribution < -0.4 is 22.9 Å². The predicted octanol–water partition coefficient (Wildman–Crippen LogP) is -8.10. The van der Waals surface area contributed by atoms with Crippen molar-refractivity contribution in [2.24, 2.45) is 0 Å². The summed E-state index contributed by atoms with van der Waals surface area (Å²) in [4.78, 5) is 0. The fourth-order valence-electron chi connectivity index (χ4n) is 4.55. The lowest BCUT2D eigenvalue weighted by Crippen LogP contribution is -2.84. The van der Waals surface area contributed by atoms with E-state index < -0.39 is 73.5 Å². The molecule has 3 rings (SSSR count). The van der Waals surface area contributed by atoms with Crippen molar-refractivity contribution >= 4 is 0 Å². The summed E-state index contributed by atoms with van der Waals surface area (Å²) in [5.41, 5.74) is 15.7. The third-order valence-corrected chi connectivity index (χ3v) is 6.52. The van der Waals surface area contributed by atoms with E-state index in [4.69, 9.17) is 18.9 Å². The van der Waals surface area contributed by atoms with Crippen molar-refractivity contribution in [3.05, 3.63) is 0 Å². The van der Waals surface area contributed by atoms with Crippen LogP contribution in [0, 0.1) is 0 Å². The van der Waals surface area contributed by atoms with E-state index in [0.717, 1.165) is 0 Å². The van der Waals surface area contributed by atoms with E-state index in [-0.39, 0.29) is 25.1 Å². The van der Waals surface area contributed by atoms with Gasteiger partial charge in [-0.25, -0.2) is 0 Å². The third kappa shape index (κ3) is 5.19. The SMILES string of the molecule is C[C@@H]1C[C@H](O)[C@@H](O)[C@H](O[C@@H]2[C@@H](O)[C@H]([NH3+])C[C@H]([NH3+])[C@H]2O[C@H]2O[C@H](C[NH3+])[C@@H](O)[C@H](O)[C@H]2[NH3+])O1. The van der Waals surface area contributed by atoms with Gasteiger partial charge in [0.15, 0.2) is 12.3 Å². The molecular weight excluding hydrogens is 416 g/mol.